The first-order chi connectivity index (χ1) is 13.9. The van der Waals surface area contributed by atoms with Gasteiger partial charge in [-0.15, -0.1) is 0 Å². The number of hydrogen-bond acceptors (Lipinski definition) is 2. The van der Waals surface area contributed by atoms with Gasteiger partial charge in [-0.05, 0) is 32.1 Å². The smallest absolute Gasteiger partial charge is 0.123 e. The summed E-state index contributed by atoms with van der Waals surface area (Å²) in [4.78, 5) is 10.8. The first-order valence-corrected chi connectivity index (χ1v) is 12.9. The van der Waals surface area contributed by atoms with E-state index in [0.717, 1.165) is 25.7 Å². The second kappa shape index (κ2) is 19.9. The lowest BCUT2D eigenvalue weighted by molar-refractivity contribution is -0.111. The van der Waals surface area contributed by atoms with E-state index in [1.807, 2.05) is 0 Å². The second-order valence-corrected chi connectivity index (χ2v) is 9.17. The van der Waals surface area contributed by atoms with Crippen LogP contribution in [0.5, 0.6) is 0 Å². The normalized spacial score (nSPS) is 16.3. The molecule has 28 heavy (non-hydrogen) atoms. The molecule has 0 radical (unpaired) electrons. The Morgan fingerprint density at radius 2 is 1.18 bits per heavy atom. The molecule has 166 valence electrons. The lowest BCUT2D eigenvalue weighted by Crippen LogP contribution is -2.17. The lowest BCUT2D eigenvalue weighted by Gasteiger charge is -2.21. The van der Waals surface area contributed by atoms with Crippen molar-refractivity contribution in [2.75, 3.05) is 6.61 Å². The molecule has 0 heterocycles. The van der Waals surface area contributed by atoms with Crippen molar-refractivity contribution in [2.45, 2.75) is 148 Å². The fraction of sp³-hybridized carbons (Fsp3) is 0.962. The maximum Gasteiger partial charge on any atom is 0.123 e. The molecule has 0 amide bonds. The largest absolute Gasteiger partial charge is 0.378 e. The zero-order valence-electron chi connectivity index (χ0n) is 19.1. The highest BCUT2D eigenvalue weighted by Crippen LogP contribution is 2.20. The first kappa shape index (κ1) is 25.7. The van der Waals surface area contributed by atoms with E-state index in [2.05, 4.69) is 6.92 Å². The Bertz CT molecular complexity index is 322. The minimum absolute atomic E-state index is 0.315. The Morgan fingerprint density at radius 1 is 0.714 bits per heavy atom. The fourth-order valence-corrected chi connectivity index (χ4v) is 4.48. The van der Waals surface area contributed by atoms with Gasteiger partial charge in [-0.2, -0.15) is 0 Å². The standard InChI is InChI=1S/C26H50O2/c1-2-25(24-27)20-16-13-11-9-7-5-3-4-6-8-10-12-14-19-23-28-26-21-17-15-18-22-26/h24-26H,2-23H2,1H3. The van der Waals surface area contributed by atoms with Crippen LogP contribution >= 0.6 is 0 Å². The summed E-state index contributed by atoms with van der Waals surface area (Å²) >= 11 is 0. The van der Waals surface area contributed by atoms with E-state index in [1.54, 1.807) is 0 Å². The highest BCUT2D eigenvalue weighted by Gasteiger charge is 2.12. The van der Waals surface area contributed by atoms with Gasteiger partial charge in [0.05, 0.1) is 6.10 Å². The van der Waals surface area contributed by atoms with E-state index in [0.29, 0.717) is 12.0 Å². The third-order valence-electron chi connectivity index (χ3n) is 6.59. The monoisotopic (exact) mass is 394 g/mol. The van der Waals surface area contributed by atoms with E-state index in [4.69, 9.17) is 4.74 Å². The van der Waals surface area contributed by atoms with E-state index in [1.165, 1.54) is 122 Å². The van der Waals surface area contributed by atoms with Crippen molar-refractivity contribution in [2.24, 2.45) is 5.92 Å². The molecule has 1 fully saturated rings. The zero-order chi connectivity index (χ0) is 20.1. The lowest BCUT2D eigenvalue weighted by atomic mass is 9.98. The molecule has 0 aromatic rings. The molecule has 1 saturated carbocycles. The second-order valence-electron chi connectivity index (χ2n) is 9.17. The molecule has 1 atom stereocenters. The molecule has 1 aliphatic rings. The van der Waals surface area contributed by atoms with Crippen molar-refractivity contribution in [1.29, 1.82) is 0 Å². The maximum atomic E-state index is 10.8. The maximum absolute atomic E-state index is 10.8. The molecule has 0 aromatic carbocycles. The van der Waals surface area contributed by atoms with E-state index in [9.17, 15) is 4.79 Å². The fourth-order valence-electron chi connectivity index (χ4n) is 4.48. The zero-order valence-corrected chi connectivity index (χ0v) is 19.1. The van der Waals surface area contributed by atoms with Crippen LogP contribution in [-0.4, -0.2) is 19.0 Å². The third kappa shape index (κ3) is 15.5. The van der Waals surface area contributed by atoms with Crippen LogP contribution in [-0.2, 0) is 9.53 Å². The summed E-state index contributed by atoms with van der Waals surface area (Å²) in [6.45, 7) is 3.12. The summed E-state index contributed by atoms with van der Waals surface area (Å²) < 4.78 is 6.00. The SMILES string of the molecule is CCC(C=O)CCCCCCCCCCCCCCCCOC1CCCCC1. The number of aldehydes is 1. The summed E-state index contributed by atoms with van der Waals surface area (Å²) in [5.74, 6) is 0.315. The summed E-state index contributed by atoms with van der Waals surface area (Å²) in [6, 6.07) is 0. The number of hydrogen-bond donors (Lipinski definition) is 0. The molecule has 2 heteroatoms. The van der Waals surface area contributed by atoms with Crippen LogP contribution in [0.25, 0.3) is 0 Å². The van der Waals surface area contributed by atoms with Crippen LogP contribution in [0.2, 0.25) is 0 Å². The van der Waals surface area contributed by atoms with Gasteiger partial charge in [0.25, 0.3) is 0 Å². The van der Waals surface area contributed by atoms with E-state index >= 15 is 0 Å². The molecular weight excluding hydrogens is 344 g/mol. The van der Waals surface area contributed by atoms with Crippen molar-refractivity contribution >= 4 is 6.29 Å². The summed E-state index contributed by atoms with van der Waals surface area (Å²) in [5, 5.41) is 0. The molecule has 0 aliphatic heterocycles. The van der Waals surface area contributed by atoms with Gasteiger partial charge < -0.3 is 9.53 Å². The van der Waals surface area contributed by atoms with Crippen molar-refractivity contribution < 1.29 is 9.53 Å². The minimum atomic E-state index is 0.315. The highest BCUT2D eigenvalue weighted by atomic mass is 16.5. The quantitative estimate of drug-likeness (QED) is 0.153. The van der Waals surface area contributed by atoms with E-state index < -0.39 is 0 Å². The van der Waals surface area contributed by atoms with Crippen molar-refractivity contribution in [3.63, 3.8) is 0 Å². The van der Waals surface area contributed by atoms with Crippen LogP contribution < -0.4 is 0 Å². The first-order valence-electron chi connectivity index (χ1n) is 12.9. The predicted octanol–water partition coefficient (Wildman–Crippen LogP) is 8.41. The Kier molecular flexibility index (Phi) is 18.3. The van der Waals surface area contributed by atoms with Crippen LogP contribution in [0.4, 0.5) is 0 Å². The van der Waals surface area contributed by atoms with Gasteiger partial charge in [0.1, 0.15) is 6.29 Å². The van der Waals surface area contributed by atoms with Crippen molar-refractivity contribution in [1.82, 2.24) is 0 Å². The molecule has 0 saturated heterocycles. The molecule has 0 N–H and O–H groups in total. The molecule has 1 aliphatic carbocycles. The average Bonchev–Trinajstić information content (AvgIpc) is 2.74. The van der Waals surface area contributed by atoms with Crippen LogP contribution in [0.15, 0.2) is 0 Å². The molecular formula is C26H50O2. The van der Waals surface area contributed by atoms with Crippen LogP contribution in [0.3, 0.4) is 0 Å². The van der Waals surface area contributed by atoms with Gasteiger partial charge >= 0.3 is 0 Å². The van der Waals surface area contributed by atoms with Gasteiger partial charge in [-0.1, -0.05) is 110 Å². The number of rotatable bonds is 20. The van der Waals surface area contributed by atoms with Crippen LogP contribution in [0, 0.1) is 5.92 Å². The van der Waals surface area contributed by atoms with Gasteiger partial charge in [0, 0.05) is 12.5 Å². The van der Waals surface area contributed by atoms with Crippen molar-refractivity contribution in [3.8, 4) is 0 Å². The number of carbonyl (C=O) groups excluding carboxylic acids is 1. The van der Waals surface area contributed by atoms with Gasteiger partial charge in [-0.25, -0.2) is 0 Å². The minimum Gasteiger partial charge on any atom is -0.378 e. The van der Waals surface area contributed by atoms with Gasteiger partial charge in [0.15, 0.2) is 0 Å². The predicted molar refractivity (Wildman–Crippen MR) is 122 cm³/mol. The third-order valence-corrected chi connectivity index (χ3v) is 6.59. The Labute approximate surface area is 176 Å². The number of carbonyl (C=O) groups is 1. The Morgan fingerprint density at radius 3 is 1.64 bits per heavy atom. The number of ether oxygens (including phenoxy) is 1. The summed E-state index contributed by atoms with van der Waals surface area (Å²) in [7, 11) is 0. The highest BCUT2D eigenvalue weighted by molar-refractivity contribution is 5.53. The number of unbranched alkanes of at least 4 members (excludes halogenated alkanes) is 13. The molecule has 0 aromatic heterocycles. The molecule has 1 rings (SSSR count). The Balaban J connectivity index is 1.68. The molecule has 1 unspecified atom stereocenters. The topological polar surface area (TPSA) is 26.3 Å². The summed E-state index contributed by atoms with van der Waals surface area (Å²) in [6.07, 6.45) is 30.0. The van der Waals surface area contributed by atoms with Crippen molar-refractivity contribution in [3.05, 3.63) is 0 Å². The summed E-state index contributed by atoms with van der Waals surface area (Å²) in [5.41, 5.74) is 0. The van der Waals surface area contributed by atoms with Gasteiger partial charge in [0.2, 0.25) is 0 Å². The average molecular weight is 395 g/mol. The van der Waals surface area contributed by atoms with E-state index in [-0.39, 0.29) is 0 Å². The molecule has 0 bridgehead atoms. The molecule has 2 nitrogen and oxygen atoms in total. The van der Waals surface area contributed by atoms with Gasteiger partial charge in [-0.3, -0.25) is 0 Å². The van der Waals surface area contributed by atoms with Crippen LogP contribution in [0.1, 0.15) is 142 Å². The molecule has 0 spiro atoms. The Hall–Kier alpha value is -0.370.